The molecule has 24 heavy (non-hydrogen) atoms. The Hall–Kier alpha value is -2.68. The molecule has 2 atom stereocenters. The molecule has 1 fully saturated rings. The Labute approximate surface area is 138 Å². The molecule has 1 N–H and O–H groups in total. The fourth-order valence-electron chi connectivity index (χ4n) is 2.49. The van der Waals surface area contributed by atoms with E-state index < -0.39 is 23.2 Å². The Morgan fingerprint density at radius 1 is 1.38 bits per heavy atom. The second-order valence-corrected chi connectivity index (χ2v) is 5.77. The van der Waals surface area contributed by atoms with E-state index in [0.717, 1.165) is 0 Å². The fraction of sp³-hybridized carbons (Fsp3) is 0.467. The van der Waals surface area contributed by atoms with Crippen LogP contribution in [0.15, 0.2) is 24.3 Å². The van der Waals surface area contributed by atoms with Gasteiger partial charge in [0.1, 0.15) is 12.6 Å². The van der Waals surface area contributed by atoms with Crippen molar-refractivity contribution in [3.63, 3.8) is 0 Å². The zero-order valence-corrected chi connectivity index (χ0v) is 13.4. The van der Waals surface area contributed by atoms with E-state index in [1.165, 1.54) is 34.1 Å². The number of rotatable bonds is 4. The number of nitro benzene ring substituents is 1. The molecule has 9 nitrogen and oxygen atoms in total. The van der Waals surface area contributed by atoms with Crippen molar-refractivity contribution >= 4 is 17.7 Å². The number of carbonyl (C=O) groups is 2. The highest BCUT2D eigenvalue weighted by Gasteiger charge is 2.40. The number of hydrogen-bond acceptors (Lipinski definition) is 6. The van der Waals surface area contributed by atoms with E-state index in [9.17, 15) is 24.8 Å². The van der Waals surface area contributed by atoms with Crippen LogP contribution in [-0.2, 0) is 16.1 Å². The lowest BCUT2D eigenvalue weighted by atomic mass is 10.2. The number of aliphatic hydroxyl groups excluding tert-OH is 1. The van der Waals surface area contributed by atoms with Gasteiger partial charge in [-0.3, -0.25) is 19.8 Å². The van der Waals surface area contributed by atoms with Crippen LogP contribution >= 0.6 is 0 Å². The van der Waals surface area contributed by atoms with Gasteiger partial charge in [0, 0.05) is 32.6 Å². The summed E-state index contributed by atoms with van der Waals surface area (Å²) in [5, 5.41) is 20.3. The van der Waals surface area contributed by atoms with Gasteiger partial charge in [0.2, 0.25) is 5.91 Å². The summed E-state index contributed by atoms with van der Waals surface area (Å²) in [6, 6.07) is 4.88. The monoisotopic (exact) mass is 337 g/mol. The van der Waals surface area contributed by atoms with Gasteiger partial charge in [0.25, 0.3) is 5.69 Å². The van der Waals surface area contributed by atoms with Crippen molar-refractivity contribution in [3.8, 4) is 0 Å². The number of nitrogens with zero attached hydrogens (tertiary/aromatic N) is 3. The summed E-state index contributed by atoms with van der Waals surface area (Å²) >= 11 is 0. The maximum atomic E-state index is 12.2. The Morgan fingerprint density at radius 2 is 2.00 bits per heavy atom. The van der Waals surface area contributed by atoms with Crippen LogP contribution in [0, 0.1) is 10.1 Å². The summed E-state index contributed by atoms with van der Waals surface area (Å²) in [6.07, 6.45) is -1.31. The maximum Gasteiger partial charge on any atom is 0.410 e. The number of hydrogen-bond donors (Lipinski definition) is 1. The van der Waals surface area contributed by atoms with Gasteiger partial charge in [0.15, 0.2) is 0 Å². The number of likely N-dealkylation sites (tertiary alicyclic amines) is 1. The Balaban J connectivity index is 1.98. The second kappa shape index (κ2) is 7.26. The molecule has 2 amide bonds. The minimum atomic E-state index is -0.772. The number of ether oxygens (including phenoxy) is 1. The van der Waals surface area contributed by atoms with Crippen LogP contribution < -0.4 is 0 Å². The number of non-ortho nitro benzene ring substituents is 1. The van der Waals surface area contributed by atoms with E-state index in [1.54, 1.807) is 14.1 Å². The highest BCUT2D eigenvalue weighted by Crippen LogP contribution is 2.21. The van der Waals surface area contributed by atoms with E-state index in [0.29, 0.717) is 5.56 Å². The first-order valence-electron chi connectivity index (χ1n) is 7.35. The molecular formula is C15H19N3O6. The second-order valence-electron chi connectivity index (χ2n) is 5.77. The number of β-amino-alcohol motifs (C(OH)–C–C–N with tert-alkyl or cyclic N) is 1. The molecule has 0 bridgehead atoms. The quantitative estimate of drug-likeness (QED) is 0.641. The molecule has 2 rings (SSSR count). The average molecular weight is 337 g/mol. The predicted octanol–water partition coefficient (Wildman–Crippen LogP) is 0.755. The average Bonchev–Trinajstić information content (AvgIpc) is 2.94. The first-order valence-corrected chi connectivity index (χ1v) is 7.35. The number of benzene rings is 1. The minimum absolute atomic E-state index is 0.0311. The highest BCUT2D eigenvalue weighted by atomic mass is 16.6. The third-order valence-electron chi connectivity index (χ3n) is 3.75. The smallest absolute Gasteiger partial charge is 0.410 e. The number of nitro groups is 1. The molecule has 0 spiro atoms. The lowest BCUT2D eigenvalue weighted by Crippen LogP contribution is -2.45. The number of likely N-dealkylation sites (N-methyl/N-ethyl adjacent to an activating group) is 1. The molecule has 0 saturated carbocycles. The SMILES string of the molecule is CN(C)C(=O)[C@H]1C[C@@H](O)CN1C(=O)OCc1ccc([N+](=O)[O-])cc1. The van der Waals surface area contributed by atoms with Gasteiger partial charge < -0.3 is 14.7 Å². The zero-order valence-electron chi connectivity index (χ0n) is 13.4. The van der Waals surface area contributed by atoms with Crippen molar-refractivity contribution in [1.82, 2.24) is 9.80 Å². The Morgan fingerprint density at radius 3 is 2.54 bits per heavy atom. The molecule has 130 valence electrons. The molecule has 0 aromatic heterocycles. The summed E-state index contributed by atoms with van der Waals surface area (Å²) in [7, 11) is 3.15. The first kappa shape index (κ1) is 17.7. The molecule has 1 aromatic carbocycles. The number of aliphatic hydroxyl groups is 1. The predicted molar refractivity (Wildman–Crippen MR) is 83.1 cm³/mol. The minimum Gasteiger partial charge on any atom is -0.445 e. The first-order chi connectivity index (χ1) is 11.3. The van der Waals surface area contributed by atoms with Crippen LogP contribution in [0.5, 0.6) is 0 Å². The number of amides is 2. The molecule has 1 saturated heterocycles. The largest absolute Gasteiger partial charge is 0.445 e. The van der Waals surface area contributed by atoms with Crippen LogP contribution in [-0.4, -0.2) is 64.6 Å². The van der Waals surface area contributed by atoms with Gasteiger partial charge in [-0.1, -0.05) is 0 Å². The van der Waals surface area contributed by atoms with Crippen LogP contribution in [0.1, 0.15) is 12.0 Å². The molecule has 1 aliphatic heterocycles. The fourth-order valence-corrected chi connectivity index (χ4v) is 2.49. The van der Waals surface area contributed by atoms with Crippen LogP contribution in [0.4, 0.5) is 10.5 Å². The third-order valence-corrected chi connectivity index (χ3v) is 3.75. The van der Waals surface area contributed by atoms with Crippen molar-refractivity contribution in [3.05, 3.63) is 39.9 Å². The van der Waals surface area contributed by atoms with Gasteiger partial charge in [-0.2, -0.15) is 0 Å². The van der Waals surface area contributed by atoms with Crippen molar-refractivity contribution in [2.45, 2.75) is 25.2 Å². The van der Waals surface area contributed by atoms with Gasteiger partial charge in [0.05, 0.1) is 17.6 Å². The van der Waals surface area contributed by atoms with Gasteiger partial charge in [-0.05, 0) is 17.7 Å². The summed E-state index contributed by atoms with van der Waals surface area (Å²) < 4.78 is 5.16. The van der Waals surface area contributed by atoms with Crippen molar-refractivity contribution < 1.29 is 24.4 Å². The summed E-state index contributed by atoms with van der Waals surface area (Å²) in [6.45, 7) is -0.0460. The molecule has 9 heteroatoms. The molecule has 1 heterocycles. The molecular weight excluding hydrogens is 318 g/mol. The lowest BCUT2D eigenvalue weighted by molar-refractivity contribution is -0.384. The summed E-state index contributed by atoms with van der Waals surface area (Å²) in [5.41, 5.74) is 0.536. The van der Waals surface area contributed by atoms with Crippen LogP contribution in [0.3, 0.4) is 0 Å². The molecule has 0 radical (unpaired) electrons. The highest BCUT2D eigenvalue weighted by molar-refractivity contribution is 5.86. The zero-order chi connectivity index (χ0) is 17.9. The third kappa shape index (κ3) is 3.99. The van der Waals surface area contributed by atoms with E-state index in [4.69, 9.17) is 4.74 Å². The van der Waals surface area contributed by atoms with Gasteiger partial charge >= 0.3 is 6.09 Å². The molecule has 1 aliphatic rings. The van der Waals surface area contributed by atoms with E-state index in [1.807, 2.05) is 0 Å². The molecule has 1 aromatic rings. The molecule has 0 unspecified atom stereocenters. The van der Waals surface area contributed by atoms with Crippen molar-refractivity contribution in [1.29, 1.82) is 0 Å². The van der Waals surface area contributed by atoms with Crippen molar-refractivity contribution in [2.24, 2.45) is 0 Å². The maximum absolute atomic E-state index is 12.2. The molecule has 0 aliphatic carbocycles. The van der Waals surface area contributed by atoms with Gasteiger partial charge in [-0.15, -0.1) is 0 Å². The number of carbonyl (C=O) groups excluding carboxylic acids is 2. The summed E-state index contributed by atoms with van der Waals surface area (Å²) in [5.74, 6) is -0.279. The Kier molecular flexibility index (Phi) is 5.35. The van der Waals surface area contributed by atoms with Crippen molar-refractivity contribution in [2.75, 3.05) is 20.6 Å². The van der Waals surface area contributed by atoms with Crippen LogP contribution in [0.25, 0.3) is 0 Å². The lowest BCUT2D eigenvalue weighted by Gasteiger charge is -2.25. The summed E-state index contributed by atoms with van der Waals surface area (Å²) in [4.78, 5) is 36.9. The van der Waals surface area contributed by atoms with E-state index in [2.05, 4.69) is 0 Å². The van der Waals surface area contributed by atoms with E-state index >= 15 is 0 Å². The standard InChI is InChI=1S/C15H19N3O6/c1-16(2)14(20)13-7-12(19)8-17(13)15(21)24-9-10-3-5-11(6-4-10)18(22)23/h3-6,12-13,19H,7-9H2,1-2H3/t12-,13-/m1/s1. The Bertz CT molecular complexity index is 631. The van der Waals surface area contributed by atoms with Crippen LogP contribution in [0.2, 0.25) is 0 Å². The van der Waals surface area contributed by atoms with E-state index in [-0.39, 0.29) is 31.2 Å². The van der Waals surface area contributed by atoms with Gasteiger partial charge in [-0.25, -0.2) is 4.79 Å². The normalized spacial score (nSPS) is 19.9. The topological polar surface area (TPSA) is 113 Å².